The van der Waals surface area contributed by atoms with Crippen molar-refractivity contribution in [1.29, 1.82) is 0 Å². The number of rotatable bonds is 7. The molecule has 1 unspecified atom stereocenters. The van der Waals surface area contributed by atoms with E-state index < -0.39 is 11.4 Å². The molecule has 0 aliphatic carbocycles. The van der Waals surface area contributed by atoms with E-state index in [-0.39, 0.29) is 23.2 Å². The second kappa shape index (κ2) is 10.3. The topological polar surface area (TPSA) is 63.1 Å². The first-order valence-electron chi connectivity index (χ1n) is 11.1. The SMILES string of the molecule is CNCc1ccccc1-c1cccc(C(C)NC(=O)c2ccc(=O)n(-c3ccccc3F)c2)c1. The van der Waals surface area contributed by atoms with Crippen LogP contribution in [0.2, 0.25) is 0 Å². The minimum atomic E-state index is -0.536. The summed E-state index contributed by atoms with van der Waals surface area (Å²) < 4.78 is 15.4. The van der Waals surface area contributed by atoms with Gasteiger partial charge in [-0.3, -0.25) is 14.2 Å². The van der Waals surface area contributed by atoms with Crippen molar-refractivity contribution in [2.45, 2.75) is 19.5 Å². The summed E-state index contributed by atoms with van der Waals surface area (Å²) in [5, 5.41) is 6.18. The second-order valence-corrected chi connectivity index (χ2v) is 8.09. The van der Waals surface area contributed by atoms with E-state index in [0.29, 0.717) is 0 Å². The van der Waals surface area contributed by atoms with Gasteiger partial charge in [0.05, 0.1) is 17.3 Å². The molecular weight excluding hydrogens is 429 g/mol. The van der Waals surface area contributed by atoms with Gasteiger partial charge in [0, 0.05) is 18.8 Å². The summed E-state index contributed by atoms with van der Waals surface area (Å²) >= 11 is 0. The smallest absolute Gasteiger partial charge is 0.255 e. The molecule has 2 N–H and O–H groups in total. The van der Waals surface area contributed by atoms with Gasteiger partial charge in [-0.05, 0) is 60.5 Å². The molecule has 1 heterocycles. The third-order valence-corrected chi connectivity index (χ3v) is 5.72. The maximum Gasteiger partial charge on any atom is 0.255 e. The number of para-hydroxylation sites is 1. The number of benzene rings is 3. The van der Waals surface area contributed by atoms with E-state index >= 15 is 0 Å². The molecule has 0 aliphatic rings. The van der Waals surface area contributed by atoms with Crippen molar-refractivity contribution in [3.63, 3.8) is 0 Å². The molecule has 0 spiro atoms. The zero-order valence-electron chi connectivity index (χ0n) is 19.1. The van der Waals surface area contributed by atoms with E-state index in [1.807, 2.05) is 38.2 Å². The van der Waals surface area contributed by atoms with E-state index in [4.69, 9.17) is 0 Å². The van der Waals surface area contributed by atoms with E-state index in [2.05, 4.69) is 34.9 Å². The van der Waals surface area contributed by atoms with Crippen LogP contribution in [0.5, 0.6) is 0 Å². The van der Waals surface area contributed by atoms with Crippen molar-refractivity contribution in [2.24, 2.45) is 0 Å². The minimum absolute atomic E-state index is 0.100. The molecular formula is C28H26FN3O2. The number of nitrogens with one attached hydrogen (secondary N) is 2. The first-order chi connectivity index (χ1) is 16.5. The van der Waals surface area contributed by atoms with Gasteiger partial charge in [0.2, 0.25) is 0 Å². The van der Waals surface area contributed by atoms with Crippen LogP contribution < -0.4 is 16.2 Å². The zero-order valence-corrected chi connectivity index (χ0v) is 19.1. The Bertz CT molecular complexity index is 1380. The van der Waals surface area contributed by atoms with Crippen LogP contribution in [0.15, 0.2) is 95.9 Å². The van der Waals surface area contributed by atoms with Gasteiger partial charge in [0.1, 0.15) is 5.82 Å². The lowest BCUT2D eigenvalue weighted by molar-refractivity contribution is 0.0939. The van der Waals surface area contributed by atoms with Crippen LogP contribution in [0.3, 0.4) is 0 Å². The molecule has 1 atom stereocenters. The Hall–Kier alpha value is -4.03. The molecule has 4 aromatic rings. The highest BCUT2D eigenvalue weighted by molar-refractivity contribution is 5.94. The van der Waals surface area contributed by atoms with Gasteiger partial charge in [-0.25, -0.2) is 4.39 Å². The molecule has 3 aromatic carbocycles. The van der Waals surface area contributed by atoms with Crippen molar-refractivity contribution in [1.82, 2.24) is 15.2 Å². The Morgan fingerprint density at radius 2 is 1.74 bits per heavy atom. The zero-order chi connectivity index (χ0) is 24.1. The highest BCUT2D eigenvalue weighted by Gasteiger charge is 2.15. The molecule has 0 radical (unpaired) electrons. The number of carbonyl (C=O) groups is 1. The van der Waals surface area contributed by atoms with Gasteiger partial charge >= 0.3 is 0 Å². The number of aromatic nitrogens is 1. The molecule has 1 aromatic heterocycles. The lowest BCUT2D eigenvalue weighted by Gasteiger charge is -2.17. The Balaban J connectivity index is 1.58. The number of carbonyl (C=O) groups excluding carboxylic acids is 1. The fraction of sp³-hybridized carbons (Fsp3) is 0.143. The van der Waals surface area contributed by atoms with Gasteiger partial charge < -0.3 is 10.6 Å². The lowest BCUT2D eigenvalue weighted by atomic mass is 9.96. The molecule has 4 rings (SSSR count). The summed E-state index contributed by atoms with van der Waals surface area (Å²) in [5.41, 5.74) is 4.30. The number of pyridine rings is 1. The van der Waals surface area contributed by atoms with Crippen LogP contribution in [0.4, 0.5) is 4.39 Å². The summed E-state index contributed by atoms with van der Waals surface area (Å²) in [6.07, 6.45) is 1.37. The number of amides is 1. The van der Waals surface area contributed by atoms with Crippen LogP contribution in [-0.2, 0) is 6.54 Å². The number of halogens is 1. The standard InChI is InChI=1S/C28H26FN3O2/c1-19(20-9-7-10-21(16-20)24-11-4-3-8-22(24)17-30-2)31-28(34)23-14-15-27(33)32(18-23)26-13-6-5-12-25(26)29/h3-16,18-19,30H,17H2,1-2H3,(H,31,34). The van der Waals surface area contributed by atoms with Crippen LogP contribution in [-0.4, -0.2) is 17.5 Å². The Morgan fingerprint density at radius 3 is 2.53 bits per heavy atom. The largest absolute Gasteiger partial charge is 0.345 e. The highest BCUT2D eigenvalue weighted by atomic mass is 19.1. The molecule has 0 saturated carbocycles. The average molecular weight is 456 g/mol. The van der Waals surface area contributed by atoms with Gasteiger partial charge in [-0.2, -0.15) is 0 Å². The van der Waals surface area contributed by atoms with Crippen molar-refractivity contribution in [2.75, 3.05) is 7.05 Å². The summed E-state index contributed by atoms with van der Waals surface area (Å²) in [4.78, 5) is 25.3. The highest BCUT2D eigenvalue weighted by Crippen LogP contribution is 2.26. The summed E-state index contributed by atoms with van der Waals surface area (Å²) in [6, 6.07) is 24.7. The van der Waals surface area contributed by atoms with E-state index in [0.717, 1.165) is 27.8 Å². The van der Waals surface area contributed by atoms with Crippen LogP contribution in [0.1, 0.15) is 34.5 Å². The molecule has 172 valence electrons. The number of nitrogens with zero attached hydrogens (tertiary/aromatic N) is 1. The first-order valence-corrected chi connectivity index (χ1v) is 11.1. The maximum absolute atomic E-state index is 14.2. The molecule has 0 bridgehead atoms. The lowest BCUT2D eigenvalue weighted by Crippen LogP contribution is -2.28. The molecule has 0 saturated heterocycles. The van der Waals surface area contributed by atoms with Gasteiger partial charge in [-0.15, -0.1) is 0 Å². The Morgan fingerprint density at radius 1 is 0.971 bits per heavy atom. The third-order valence-electron chi connectivity index (χ3n) is 5.72. The molecule has 6 heteroatoms. The molecule has 0 aliphatic heterocycles. The molecule has 0 fully saturated rings. The average Bonchev–Trinajstić information content (AvgIpc) is 2.85. The Labute approximate surface area is 197 Å². The van der Waals surface area contributed by atoms with Gasteiger partial charge in [0.15, 0.2) is 0 Å². The van der Waals surface area contributed by atoms with Crippen LogP contribution >= 0.6 is 0 Å². The van der Waals surface area contributed by atoms with E-state index in [1.54, 1.807) is 12.1 Å². The Kier molecular flexibility index (Phi) is 6.99. The monoisotopic (exact) mass is 455 g/mol. The minimum Gasteiger partial charge on any atom is -0.345 e. The van der Waals surface area contributed by atoms with Crippen molar-refractivity contribution >= 4 is 5.91 Å². The molecule has 5 nitrogen and oxygen atoms in total. The molecule has 34 heavy (non-hydrogen) atoms. The van der Waals surface area contributed by atoms with Gasteiger partial charge in [-0.1, -0.05) is 54.6 Å². The van der Waals surface area contributed by atoms with Gasteiger partial charge in [0.25, 0.3) is 11.5 Å². The summed E-state index contributed by atoms with van der Waals surface area (Å²) in [7, 11) is 1.92. The first kappa shape index (κ1) is 23.1. The maximum atomic E-state index is 14.2. The van der Waals surface area contributed by atoms with Crippen LogP contribution in [0.25, 0.3) is 16.8 Å². The predicted molar refractivity (Wildman–Crippen MR) is 133 cm³/mol. The summed E-state index contributed by atoms with van der Waals surface area (Å²) in [5.74, 6) is -0.885. The normalized spacial score (nSPS) is 11.7. The van der Waals surface area contributed by atoms with Crippen molar-refractivity contribution in [3.8, 4) is 16.8 Å². The van der Waals surface area contributed by atoms with E-state index in [9.17, 15) is 14.0 Å². The quantitative estimate of drug-likeness (QED) is 0.419. The van der Waals surface area contributed by atoms with Crippen molar-refractivity contribution in [3.05, 3.63) is 124 Å². The number of hydrogen-bond acceptors (Lipinski definition) is 3. The van der Waals surface area contributed by atoms with E-state index in [1.165, 1.54) is 36.0 Å². The second-order valence-electron chi connectivity index (χ2n) is 8.09. The predicted octanol–water partition coefficient (Wildman–Crippen LogP) is 4.85. The number of hydrogen-bond donors (Lipinski definition) is 2. The fourth-order valence-corrected chi connectivity index (χ4v) is 3.94. The molecule has 1 amide bonds. The van der Waals surface area contributed by atoms with Crippen LogP contribution in [0, 0.1) is 5.82 Å². The summed E-state index contributed by atoms with van der Waals surface area (Å²) in [6.45, 7) is 2.66. The fourth-order valence-electron chi connectivity index (χ4n) is 3.94. The van der Waals surface area contributed by atoms with Crippen molar-refractivity contribution < 1.29 is 9.18 Å². The third kappa shape index (κ3) is 4.97.